The van der Waals surface area contributed by atoms with Crippen LogP contribution in [0.2, 0.25) is 0 Å². The SMILES string of the molecule is Cc1ccc([Si]2(c3ccc(C)cc3)c3cc(Br)sc3-c3sc(Br)cc32)cc1. The highest BCUT2D eigenvalue weighted by Gasteiger charge is 2.51. The Bertz CT molecular complexity index is 1060. The molecular formula is C22H16Br2S2Si. The Morgan fingerprint density at radius 3 is 1.37 bits per heavy atom. The fourth-order valence-corrected chi connectivity index (χ4v) is 14.2. The van der Waals surface area contributed by atoms with Gasteiger partial charge in [-0.2, -0.15) is 0 Å². The Labute approximate surface area is 185 Å². The van der Waals surface area contributed by atoms with Crippen LogP contribution in [0.4, 0.5) is 0 Å². The second-order valence-corrected chi connectivity index (χ2v) is 15.7. The summed E-state index contributed by atoms with van der Waals surface area (Å²) in [5.41, 5.74) is 2.62. The molecule has 4 aromatic rings. The normalized spacial score (nSPS) is 14.2. The van der Waals surface area contributed by atoms with E-state index in [1.807, 2.05) is 22.7 Å². The van der Waals surface area contributed by atoms with Crippen LogP contribution in [0.25, 0.3) is 9.75 Å². The maximum absolute atomic E-state index is 3.77. The monoisotopic (exact) mass is 530 g/mol. The molecule has 2 aromatic carbocycles. The first-order valence-electron chi connectivity index (χ1n) is 8.74. The number of benzene rings is 2. The zero-order chi connectivity index (χ0) is 18.8. The van der Waals surface area contributed by atoms with Gasteiger partial charge in [-0.05, 0) is 78.6 Å². The summed E-state index contributed by atoms with van der Waals surface area (Å²) in [6.45, 7) is 4.33. The summed E-state index contributed by atoms with van der Waals surface area (Å²) in [7, 11) is -2.27. The second-order valence-electron chi connectivity index (χ2n) is 7.07. The molecule has 0 nitrogen and oxygen atoms in total. The van der Waals surface area contributed by atoms with Crippen LogP contribution in [-0.2, 0) is 0 Å². The molecule has 134 valence electrons. The molecule has 1 aliphatic heterocycles. The van der Waals surface area contributed by atoms with E-state index in [4.69, 9.17) is 0 Å². The van der Waals surface area contributed by atoms with Crippen molar-refractivity contribution in [2.75, 3.05) is 0 Å². The Morgan fingerprint density at radius 2 is 1.00 bits per heavy atom. The molecule has 0 aliphatic carbocycles. The summed E-state index contributed by atoms with van der Waals surface area (Å²) < 4.78 is 2.44. The van der Waals surface area contributed by atoms with Crippen molar-refractivity contribution < 1.29 is 0 Å². The first-order valence-corrected chi connectivity index (χ1v) is 14.0. The van der Waals surface area contributed by atoms with E-state index in [-0.39, 0.29) is 0 Å². The summed E-state index contributed by atoms with van der Waals surface area (Å²) in [6, 6.07) is 23.2. The topological polar surface area (TPSA) is 0 Å². The van der Waals surface area contributed by atoms with Crippen molar-refractivity contribution in [3.8, 4) is 9.75 Å². The number of fused-ring (bicyclic) bond motifs is 3. The molecule has 1 aliphatic rings. The van der Waals surface area contributed by atoms with E-state index < -0.39 is 8.07 Å². The average Bonchev–Trinajstić information content (AvgIpc) is 3.27. The van der Waals surface area contributed by atoms with Gasteiger partial charge >= 0.3 is 0 Å². The number of rotatable bonds is 2. The number of hydrogen-bond acceptors (Lipinski definition) is 2. The molecule has 0 saturated carbocycles. The third kappa shape index (κ3) is 2.63. The summed E-state index contributed by atoms with van der Waals surface area (Å²) in [4.78, 5) is 2.89. The molecule has 0 radical (unpaired) electrons. The third-order valence-corrected chi connectivity index (χ3v) is 14.0. The van der Waals surface area contributed by atoms with Crippen LogP contribution < -0.4 is 20.7 Å². The first-order chi connectivity index (χ1) is 13.0. The Morgan fingerprint density at radius 1 is 0.630 bits per heavy atom. The van der Waals surface area contributed by atoms with Crippen molar-refractivity contribution in [2.45, 2.75) is 13.8 Å². The van der Waals surface area contributed by atoms with Gasteiger partial charge in [0.25, 0.3) is 0 Å². The Hall–Kier alpha value is -0.983. The molecule has 0 spiro atoms. The summed E-state index contributed by atoms with van der Waals surface area (Å²) >= 11 is 11.3. The molecule has 3 heterocycles. The van der Waals surface area contributed by atoms with E-state index in [1.165, 1.54) is 49.2 Å². The van der Waals surface area contributed by atoms with Crippen molar-refractivity contribution in [3.63, 3.8) is 0 Å². The van der Waals surface area contributed by atoms with E-state index in [0.29, 0.717) is 0 Å². The number of hydrogen-bond donors (Lipinski definition) is 0. The fourth-order valence-electron chi connectivity index (χ4n) is 4.16. The molecule has 0 fully saturated rings. The van der Waals surface area contributed by atoms with Crippen LogP contribution in [0.1, 0.15) is 11.1 Å². The molecule has 0 bridgehead atoms. The lowest BCUT2D eigenvalue weighted by molar-refractivity contribution is 1.48. The predicted octanol–water partition coefficient (Wildman–Crippen LogP) is 5.31. The van der Waals surface area contributed by atoms with E-state index in [2.05, 4.69) is 106 Å². The van der Waals surface area contributed by atoms with E-state index in [0.717, 1.165) is 0 Å². The minimum atomic E-state index is -2.27. The van der Waals surface area contributed by atoms with Gasteiger partial charge in [-0.1, -0.05) is 59.7 Å². The summed E-state index contributed by atoms with van der Waals surface area (Å²) in [5.74, 6) is 0. The van der Waals surface area contributed by atoms with Gasteiger partial charge < -0.3 is 0 Å². The van der Waals surface area contributed by atoms with Gasteiger partial charge in [-0.25, -0.2) is 0 Å². The van der Waals surface area contributed by atoms with Crippen molar-refractivity contribution in [2.24, 2.45) is 0 Å². The van der Waals surface area contributed by atoms with E-state index >= 15 is 0 Å². The highest BCUT2D eigenvalue weighted by molar-refractivity contribution is 9.11. The molecule has 0 N–H and O–H groups in total. The highest BCUT2D eigenvalue weighted by atomic mass is 79.9. The van der Waals surface area contributed by atoms with Crippen molar-refractivity contribution >= 4 is 83.4 Å². The predicted molar refractivity (Wildman–Crippen MR) is 130 cm³/mol. The molecule has 5 rings (SSSR count). The van der Waals surface area contributed by atoms with Crippen LogP contribution >= 0.6 is 54.5 Å². The van der Waals surface area contributed by atoms with Crippen LogP contribution in [0.15, 0.2) is 68.2 Å². The van der Waals surface area contributed by atoms with Crippen LogP contribution in [0.3, 0.4) is 0 Å². The van der Waals surface area contributed by atoms with Gasteiger partial charge in [-0.3, -0.25) is 0 Å². The fraction of sp³-hybridized carbons (Fsp3) is 0.0909. The molecule has 0 atom stereocenters. The van der Waals surface area contributed by atoms with E-state index in [9.17, 15) is 0 Å². The van der Waals surface area contributed by atoms with Crippen molar-refractivity contribution in [1.29, 1.82) is 0 Å². The van der Waals surface area contributed by atoms with Crippen molar-refractivity contribution in [1.82, 2.24) is 0 Å². The summed E-state index contributed by atoms with van der Waals surface area (Å²) in [6.07, 6.45) is 0. The van der Waals surface area contributed by atoms with Gasteiger partial charge in [0.05, 0.1) is 7.57 Å². The van der Waals surface area contributed by atoms with Crippen molar-refractivity contribution in [3.05, 3.63) is 79.4 Å². The minimum absolute atomic E-state index is 1.22. The van der Waals surface area contributed by atoms with Gasteiger partial charge in [-0.15, -0.1) is 22.7 Å². The zero-order valence-corrected chi connectivity index (χ0v) is 20.7. The minimum Gasteiger partial charge on any atom is -0.127 e. The molecule has 0 saturated heterocycles. The Kier molecular flexibility index (Phi) is 4.37. The maximum atomic E-state index is 3.77. The quantitative estimate of drug-likeness (QED) is 0.271. The van der Waals surface area contributed by atoms with Crippen LogP contribution in [0, 0.1) is 13.8 Å². The lowest BCUT2D eigenvalue weighted by Gasteiger charge is -2.30. The average molecular weight is 532 g/mol. The second kappa shape index (κ2) is 6.53. The van der Waals surface area contributed by atoms with Gasteiger partial charge in [0, 0.05) is 9.75 Å². The number of thiophene rings is 2. The largest absolute Gasteiger partial charge is 0.182 e. The third-order valence-electron chi connectivity index (χ3n) is 5.39. The van der Waals surface area contributed by atoms with Crippen LogP contribution in [0.5, 0.6) is 0 Å². The molecule has 5 heteroatoms. The smallest absolute Gasteiger partial charge is 0.127 e. The van der Waals surface area contributed by atoms with Gasteiger partial charge in [0.2, 0.25) is 0 Å². The summed E-state index contributed by atoms with van der Waals surface area (Å²) in [5, 5.41) is 5.99. The molecule has 0 unspecified atom stereocenters. The van der Waals surface area contributed by atoms with Crippen LogP contribution in [-0.4, -0.2) is 8.07 Å². The van der Waals surface area contributed by atoms with Gasteiger partial charge in [0.1, 0.15) is 0 Å². The Balaban J connectivity index is 1.93. The molecule has 0 amide bonds. The lowest BCUT2D eigenvalue weighted by atomic mass is 10.2. The first kappa shape index (κ1) is 18.1. The van der Waals surface area contributed by atoms with E-state index in [1.54, 1.807) is 0 Å². The highest BCUT2D eigenvalue weighted by Crippen LogP contribution is 2.42. The standard InChI is InChI=1S/C22H16Br2S2Si/c1-13-3-7-15(8-4-13)27(16-9-5-14(2)6-10-16)17-11-19(23)25-21(17)22-18(27)12-20(24)26-22/h3-12H,1-2H3. The number of aryl methyl sites for hydroxylation is 2. The molecular weight excluding hydrogens is 516 g/mol. The maximum Gasteiger partial charge on any atom is 0.182 e. The molecule has 2 aromatic heterocycles. The zero-order valence-electron chi connectivity index (χ0n) is 14.8. The molecule has 27 heavy (non-hydrogen) atoms. The number of halogens is 2. The lowest BCUT2D eigenvalue weighted by Crippen LogP contribution is -2.72. The van der Waals surface area contributed by atoms with Gasteiger partial charge in [0.15, 0.2) is 8.07 Å².